The van der Waals surface area contributed by atoms with Crippen molar-refractivity contribution in [2.75, 3.05) is 0 Å². The number of aryl methyl sites for hydroxylation is 1. The molecule has 1 aliphatic heterocycles. The number of nitrogens with one attached hydrogen (secondary N) is 1. The van der Waals surface area contributed by atoms with Crippen LogP contribution in [0, 0.1) is 6.92 Å². The first-order valence-electron chi connectivity index (χ1n) is 10.7. The number of hydrogen-bond acceptors (Lipinski definition) is 4. The quantitative estimate of drug-likeness (QED) is 0.578. The fourth-order valence-electron chi connectivity index (χ4n) is 4.02. The van der Waals surface area contributed by atoms with Crippen LogP contribution in [0.5, 0.6) is 5.75 Å². The van der Waals surface area contributed by atoms with Crippen LogP contribution in [-0.2, 0) is 16.2 Å². The van der Waals surface area contributed by atoms with Gasteiger partial charge in [-0.25, -0.2) is 4.79 Å². The van der Waals surface area contributed by atoms with E-state index in [1.54, 1.807) is 24.3 Å². The van der Waals surface area contributed by atoms with Crippen LogP contribution >= 0.6 is 0 Å². The first kappa shape index (κ1) is 20.8. The molecule has 4 amide bonds. The van der Waals surface area contributed by atoms with E-state index < -0.39 is 17.8 Å². The lowest BCUT2D eigenvalue weighted by Crippen LogP contribution is -2.58. The van der Waals surface area contributed by atoms with E-state index in [4.69, 9.17) is 4.74 Å². The second kappa shape index (κ2) is 9.16. The summed E-state index contributed by atoms with van der Waals surface area (Å²) >= 11 is 0. The first-order valence-corrected chi connectivity index (χ1v) is 10.7. The number of ether oxygens (including phenoxy) is 1. The van der Waals surface area contributed by atoms with Crippen molar-refractivity contribution in [1.82, 2.24) is 10.2 Å². The van der Waals surface area contributed by atoms with Crippen molar-refractivity contribution < 1.29 is 19.1 Å². The maximum Gasteiger partial charge on any atom is 0.331 e. The van der Waals surface area contributed by atoms with Gasteiger partial charge in [0.25, 0.3) is 11.8 Å². The summed E-state index contributed by atoms with van der Waals surface area (Å²) in [6, 6.07) is 14.6. The molecule has 2 aromatic rings. The van der Waals surface area contributed by atoms with E-state index >= 15 is 0 Å². The zero-order valence-electron chi connectivity index (χ0n) is 17.6. The van der Waals surface area contributed by atoms with Crippen LogP contribution in [-0.4, -0.2) is 28.8 Å². The van der Waals surface area contributed by atoms with Crippen molar-refractivity contribution in [1.29, 1.82) is 0 Å². The van der Waals surface area contributed by atoms with Crippen molar-refractivity contribution in [3.05, 3.63) is 70.8 Å². The number of amides is 4. The van der Waals surface area contributed by atoms with Gasteiger partial charge in [0.1, 0.15) is 17.9 Å². The average molecular weight is 418 g/mol. The summed E-state index contributed by atoms with van der Waals surface area (Å²) in [7, 11) is 0. The second-order valence-electron chi connectivity index (χ2n) is 8.13. The van der Waals surface area contributed by atoms with Crippen molar-refractivity contribution >= 4 is 23.9 Å². The minimum absolute atomic E-state index is 0.0153. The molecule has 6 nitrogen and oxygen atoms in total. The van der Waals surface area contributed by atoms with Crippen LogP contribution in [0.3, 0.4) is 0 Å². The fraction of sp³-hybridized carbons (Fsp3) is 0.320. The molecule has 1 heterocycles. The predicted octanol–water partition coefficient (Wildman–Crippen LogP) is 4.37. The zero-order valence-corrected chi connectivity index (χ0v) is 17.6. The largest absolute Gasteiger partial charge is 0.489 e. The van der Waals surface area contributed by atoms with Crippen molar-refractivity contribution in [2.45, 2.75) is 51.7 Å². The summed E-state index contributed by atoms with van der Waals surface area (Å²) in [4.78, 5) is 38.8. The summed E-state index contributed by atoms with van der Waals surface area (Å²) < 4.78 is 5.81. The smallest absolute Gasteiger partial charge is 0.331 e. The molecule has 1 saturated carbocycles. The highest BCUT2D eigenvalue weighted by molar-refractivity contribution is 6.31. The highest BCUT2D eigenvalue weighted by atomic mass is 16.5. The number of carbonyl (C=O) groups is 3. The molecule has 2 aliphatic rings. The van der Waals surface area contributed by atoms with Gasteiger partial charge in [0, 0.05) is 6.04 Å². The Kier molecular flexibility index (Phi) is 6.16. The number of nitrogens with zero attached hydrogens (tertiary/aromatic N) is 1. The van der Waals surface area contributed by atoms with E-state index in [0.29, 0.717) is 17.9 Å². The molecule has 0 radical (unpaired) electrons. The summed E-state index contributed by atoms with van der Waals surface area (Å²) in [6.45, 7) is 2.50. The number of imide groups is 2. The van der Waals surface area contributed by atoms with Crippen LogP contribution in [0.15, 0.2) is 54.1 Å². The number of benzene rings is 2. The van der Waals surface area contributed by atoms with Crippen LogP contribution in [0.4, 0.5) is 4.79 Å². The number of carbonyl (C=O) groups excluding carboxylic acids is 3. The molecule has 0 aromatic heterocycles. The van der Waals surface area contributed by atoms with E-state index in [0.717, 1.165) is 37.7 Å². The van der Waals surface area contributed by atoms with E-state index in [2.05, 4.69) is 5.32 Å². The minimum atomic E-state index is -0.651. The predicted molar refractivity (Wildman–Crippen MR) is 117 cm³/mol. The van der Waals surface area contributed by atoms with Crippen molar-refractivity contribution in [2.24, 2.45) is 0 Å². The molecule has 31 heavy (non-hydrogen) atoms. The highest BCUT2D eigenvalue weighted by Crippen LogP contribution is 2.26. The zero-order chi connectivity index (χ0) is 21.8. The first-order chi connectivity index (χ1) is 15.0. The summed E-state index contributed by atoms with van der Waals surface area (Å²) in [6.07, 6.45) is 6.18. The Morgan fingerprint density at radius 1 is 0.968 bits per heavy atom. The SMILES string of the molecule is Cc1ccc(COc2ccc(/C=C3/C(=O)NC(=O)N(C4CCCCC4)C3=O)cc2)cc1. The summed E-state index contributed by atoms with van der Waals surface area (Å²) in [5.74, 6) is -0.469. The van der Waals surface area contributed by atoms with Gasteiger partial charge in [-0.1, -0.05) is 61.2 Å². The van der Waals surface area contributed by atoms with E-state index in [-0.39, 0.29) is 11.6 Å². The van der Waals surface area contributed by atoms with Gasteiger partial charge in [0.2, 0.25) is 0 Å². The lowest BCUT2D eigenvalue weighted by Gasteiger charge is -2.35. The Morgan fingerprint density at radius 3 is 2.32 bits per heavy atom. The molecule has 2 fully saturated rings. The molecule has 1 aliphatic carbocycles. The summed E-state index contributed by atoms with van der Waals surface area (Å²) in [5.41, 5.74) is 2.96. The van der Waals surface area contributed by atoms with Gasteiger partial charge in [-0.05, 0) is 49.1 Å². The van der Waals surface area contributed by atoms with Crippen LogP contribution in [0.2, 0.25) is 0 Å². The van der Waals surface area contributed by atoms with Crippen molar-refractivity contribution in [3.63, 3.8) is 0 Å². The van der Waals surface area contributed by atoms with E-state index in [1.807, 2.05) is 31.2 Å². The molecule has 2 aromatic carbocycles. The number of hydrogen-bond donors (Lipinski definition) is 1. The van der Waals surface area contributed by atoms with Crippen LogP contribution in [0.25, 0.3) is 6.08 Å². The standard InChI is InChI=1S/C25H26N2O4/c1-17-7-9-19(10-8-17)16-31-21-13-11-18(12-14-21)15-22-23(28)26-25(30)27(24(22)29)20-5-3-2-4-6-20/h7-15,20H,2-6,16H2,1H3,(H,26,28,30)/b22-15-. The molecular weight excluding hydrogens is 392 g/mol. The molecule has 1 saturated heterocycles. The van der Waals surface area contributed by atoms with Gasteiger partial charge >= 0.3 is 6.03 Å². The molecule has 0 spiro atoms. The maximum atomic E-state index is 13.0. The van der Waals surface area contributed by atoms with Gasteiger partial charge in [0.05, 0.1) is 0 Å². The summed E-state index contributed by atoms with van der Waals surface area (Å²) in [5, 5.41) is 2.32. The van der Waals surface area contributed by atoms with Crippen molar-refractivity contribution in [3.8, 4) is 5.75 Å². The molecule has 0 unspecified atom stereocenters. The number of barbiturate groups is 1. The topological polar surface area (TPSA) is 75.7 Å². The van der Waals surface area contributed by atoms with Gasteiger partial charge in [-0.2, -0.15) is 0 Å². The lowest BCUT2D eigenvalue weighted by molar-refractivity contribution is -0.132. The minimum Gasteiger partial charge on any atom is -0.489 e. The Bertz CT molecular complexity index is 1000. The second-order valence-corrected chi connectivity index (χ2v) is 8.13. The van der Waals surface area contributed by atoms with Gasteiger partial charge < -0.3 is 4.74 Å². The molecule has 1 N–H and O–H groups in total. The third-order valence-corrected chi connectivity index (χ3v) is 5.79. The lowest BCUT2D eigenvalue weighted by atomic mass is 9.93. The molecule has 160 valence electrons. The van der Waals surface area contributed by atoms with Crippen LogP contribution in [0.1, 0.15) is 48.8 Å². The fourth-order valence-corrected chi connectivity index (χ4v) is 4.02. The normalized spacial score (nSPS) is 18.9. The van der Waals surface area contributed by atoms with Gasteiger partial charge in [-0.3, -0.25) is 19.8 Å². The molecule has 0 bridgehead atoms. The number of urea groups is 1. The third-order valence-electron chi connectivity index (χ3n) is 5.79. The van der Waals surface area contributed by atoms with Crippen LogP contribution < -0.4 is 10.1 Å². The Morgan fingerprint density at radius 2 is 1.65 bits per heavy atom. The third kappa shape index (κ3) is 4.85. The molecule has 4 rings (SSSR count). The van der Waals surface area contributed by atoms with Gasteiger partial charge in [0.15, 0.2) is 0 Å². The van der Waals surface area contributed by atoms with Gasteiger partial charge in [-0.15, -0.1) is 0 Å². The van der Waals surface area contributed by atoms with E-state index in [9.17, 15) is 14.4 Å². The Labute approximate surface area is 181 Å². The molecule has 0 atom stereocenters. The highest BCUT2D eigenvalue weighted by Gasteiger charge is 2.40. The Hall–Kier alpha value is -3.41. The molecule has 6 heteroatoms. The Balaban J connectivity index is 1.46. The maximum absolute atomic E-state index is 13.0. The molecular formula is C25H26N2O4. The van der Waals surface area contributed by atoms with E-state index in [1.165, 1.54) is 16.5 Å². The average Bonchev–Trinajstić information content (AvgIpc) is 2.78. The number of rotatable bonds is 5. The monoisotopic (exact) mass is 418 g/mol.